The predicted molar refractivity (Wildman–Crippen MR) is 64.0 cm³/mol. The Balaban J connectivity index is 2.79. The van der Waals surface area contributed by atoms with Crippen LogP contribution in [0.1, 0.15) is 25.0 Å². The molecule has 18 heavy (non-hydrogen) atoms. The van der Waals surface area contributed by atoms with Gasteiger partial charge < -0.3 is 10.4 Å². The minimum Gasteiger partial charge on any atom is -0.395 e. The lowest BCUT2D eigenvalue weighted by molar-refractivity contribution is -0.138. The average molecular weight is 261 g/mol. The minimum atomic E-state index is -4.34. The lowest BCUT2D eigenvalue weighted by Crippen LogP contribution is -2.36. The van der Waals surface area contributed by atoms with Gasteiger partial charge in [-0.1, -0.05) is 32.0 Å². The van der Waals surface area contributed by atoms with E-state index in [1.807, 2.05) is 13.8 Å². The summed E-state index contributed by atoms with van der Waals surface area (Å²) in [6.45, 7) is 3.82. The highest BCUT2D eigenvalue weighted by molar-refractivity contribution is 5.29. The monoisotopic (exact) mass is 261 g/mol. The molecule has 0 heterocycles. The van der Waals surface area contributed by atoms with Crippen LogP contribution in [0.3, 0.4) is 0 Å². The Kier molecular flexibility index (Phi) is 5.16. The molecule has 1 rings (SSSR count). The van der Waals surface area contributed by atoms with E-state index in [0.29, 0.717) is 0 Å². The van der Waals surface area contributed by atoms with Gasteiger partial charge in [0.2, 0.25) is 0 Å². The van der Waals surface area contributed by atoms with Crippen LogP contribution in [0.4, 0.5) is 13.2 Å². The summed E-state index contributed by atoms with van der Waals surface area (Å²) in [6.07, 6.45) is -4.34. The predicted octanol–water partition coefficient (Wildman–Crippen LogP) is 2.81. The van der Waals surface area contributed by atoms with E-state index in [-0.39, 0.29) is 30.7 Å². The SMILES string of the molecule is CC(C)[C@@H](CO)NCc1ccccc1C(F)(F)F. The molecule has 1 atom stereocenters. The third kappa shape index (κ3) is 3.99. The number of benzene rings is 1. The van der Waals surface area contributed by atoms with E-state index in [0.717, 1.165) is 6.07 Å². The normalized spacial score (nSPS) is 13.9. The summed E-state index contributed by atoms with van der Waals surface area (Å²) in [5.74, 6) is 0.160. The molecule has 1 aromatic carbocycles. The van der Waals surface area contributed by atoms with Crippen LogP contribution in [0.2, 0.25) is 0 Å². The van der Waals surface area contributed by atoms with Crippen molar-refractivity contribution in [2.45, 2.75) is 32.6 Å². The molecule has 1 aromatic rings. The van der Waals surface area contributed by atoms with Gasteiger partial charge in [-0.2, -0.15) is 13.2 Å². The van der Waals surface area contributed by atoms with E-state index in [4.69, 9.17) is 5.11 Å². The molecule has 102 valence electrons. The molecule has 0 aliphatic rings. The molecule has 0 saturated heterocycles. The number of hydrogen-bond acceptors (Lipinski definition) is 2. The van der Waals surface area contributed by atoms with Crippen LogP contribution in [0.25, 0.3) is 0 Å². The van der Waals surface area contributed by atoms with Crippen molar-refractivity contribution in [1.29, 1.82) is 0 Å². The third-order valence-corrected chi connectivity index (χ3v) is 2.88. The zero-order chi connectivity index (χ0) is 13.8. The van der Waals surface area contributed by atoms with Gasteiger partial charge in [0.15, 0.2) is 0 Å². The zero-order valence-corrected chi connectivity index (χ0v) is 10.5. The molecular weight excluding hydrogens is 243 g/mol. The maximum Gasteiger partial charge on any atom is 0.416 e. The Morgan fingerprint density at radius 1 is 1.22 bits per heavy atom. The molecule has 0 unspecified atom stereocenters. The van der Waals surface area contributed by atoms with Crippen molar-refractivity contribution in [2.24, 2.45) is 5.92 Å². The maximum atomic E-state index is 12.7. The van der Waals surface area contributed by atoms with Crippen molar-refractivity contribution >= 4 is 0 Å². The van der Waals surface area contributed by atoms with Crippen LogP contribution in [-0.2, 0) is 12.7 Å². The number of aliphatic hydroxyl groups is 1. The standard InChI is InChI=1S/C13H18F3NO/c1-9(2)12(8-18)17-7-10-5-3-4-6-11(10)13(14,15)16/h3-6,9,12,17-18H,7-8H2,1-2H3/t12-/m1/s1. The molecule has 5 heteroatoms. The average Bonchev–Trinajstić information content (AvgIpc) is 2.28. The Labute approximate surface area is 105 Å². The Morgan fingerprint density at radius 3 is 2.33 bits per heavy atom. The van der Waals surface area contributed by atoms with Gasteiger partial charge in [0, 0.05) is 12.6 Å². The Bertz CT molecular complexity index is 377. The first-order valence-corrected chi connectivity index (χ1v) is 5.85. The molecular formula is C13H18F3NO. The molecule has 0 spiro atoms. The van der Waals surface area contributed by atoms with Crippen LogP contribution in [0.5, 0.6) is 0 Å². The zero-order valence-electron chi connectivity index (χ0n) is 10.5. The highest BCUT2D eigenvalue weighted by Gasteiger charge is 2.32. The lowest BCUT2D eigenvalue weighted by atomic mass is 10.0. The first-order valence-electron chi connectivity index (χ1n) is 5.85. The van der Waals surface area contributed by atoms with Crippen molar-refractivity contribution in [3.8, 4) is 0 Å². The number of aliphatic hydroxyl groups excluding tert-OH is 1. The van der Waals surface area contributed by atoms with E-state index in [1.165, 1.54) is 12.1 Å². The molecule has 2 nitrogen and oxygen atoms in total. The second kappa shape index (κ2) is 6.20. The number of halogens is 3. The highest BCUT2D eigenvalue weighted by atomic mass is 19.4. The fourth-order valence-electron chi connectivity index (χ4n) is 1.70. The summed E-state index contributed by atoms with van der Waals surface area (Å²) in [6, 6.07) is 5.27. The van der Waals surface area contributed by atoms with Gasteiger partial charge in [-0.3, -0.25) is 0 Å². The first kappa shape index (κ1) is 15.0. The van der Waals surface area contributed by atoms with Crippen molar-refractivity contribution in [2.75, 3.05) is 6.61 Å². The molecule has 0 amide bonds. The summed E-state index contributed by atoms with van der Waals surface area (Å²) in [4.78, 5) is 0. The molecule has 0 bridgehead atoms. The van der Waals surface area contributed by atoms with Crippen molar-refractivity contribution in [3.63, 3.8) is 0 Å². The van der Waals surface area contributed by atoms with Gasteiger partial charge in [-0.15, -0.1) is 0 Å². The number of alkyl halides is 3. The van der Waals surface area contributed by atoms with Crippen molar-refractivity contribution in [3.05, 3.63) is 35.4 Å². The van der Waals surface area contributed by atoms with Crippen LogP contribution >= 0.6 is 0 Å². The highest BCUT2D eigenvalue weighted by Crippen LogP contribution is 2.31. The Morgan fingerprint density at radius 2 is 1.83 bits per heavy atom. The molecule has 0 aromatic heterocycles. The van der Waals surface area contributed by atoms with Gasteiger partial charge in [0.05, 0.1) is 12.2 Å². The van der Waals surface area contributed by atoms with Gasteiger partial charge in [-0.25, -0.2) is 0 Å². The van der Waals surface area contributed by atoms with Crippen molar-refractivity contribution < 1.29 is 18.3 Å². The van der Waals surface area contributed by atoms with Crippen molar-refractivity contribution in [1.82, 2.24) is 5.32 Å². The summed E-state index contributed by atoms with van der Waals surface area (Å²) >= 11 is 0. The van der Waals surface area contributed by atoms with E-state index in [9.17, 15) is 13.2 Å². The van der Waals surface area contributed by atoms with E-state index in [2.05, 4.69) is 5.32 Å². The van der Waals surface area contributed by atoms with E-state index >= 15 is 0 Å². The van der Waals surface area contributed by atoms with Gasteiger partial charge in [0.25, 0.3) is 0 Å². The molecule has 2 N–H and O–H groups in total. The third-order valence-electron chi connectivity index (χ3n) is 2.88. The number of rotatable bonds is 5. The fourth-order valence-corrected chi connectivity index (χ4v) is 1.70. The van der Waals surface area contributed by atoms with Crippen LogP contribution in [0, 0.1) is 5.92 Å². The number of hydrogen-bond donors (Lipinski definition) is 2. The van der Waals surface area contributed by atoms with Gasteiger partial charge in [-0.05, 0) is 17.5 Å². The van der Waals surface area contributed by atoms with Crippen LogP contribution in [-0.4, -0.2) is 17.8 Å². The second-order valence-electron chi connectivity index (χ2n) is 4.57. The van der Waals surface area contributed by atoms with Gasteiger partial charge >= 0.3 is 6.18 Å². The summed E-state index contributed by atoms with van der Waals surface area (Å²) in [7, 11) is 0. The van der Waals surface area contributed by atoms with Gasteiger partial charge in [0.1, 0.15) is 0 Å². The summed E-state index contributed by atoms with van der Waals surface area (Å²) < 4.78 is 38.2. The fraction of sp³-hybridized carbons (Fsp3) is 0.538. The summed E-state index contributed by atoms with van der Waals surface area (Å²) in [5.41, 5.74) is -0.429. The van der Waals surface area contributed by atoms with Crippen LogP contribution < -0.4 is 5.32 Å². The van der Waals surface area contributed by atoms with E-state index in [1.54, 1.807) is 6.07 Å². The molecule has 0 saturated carbocycles. The summed E-state index contributed by atoms with van der Waals surface area (Å²) in [5, 5.41) is 12.1. The first-order chi connectivity index (χ1) is 8.36. The smallest absolute Gasteiger partial charge is 0.395 e. The lowest BCUT2D eigenvalue weighted by Gasteiger charge is -2.21. The minimum absolute atomic E-state index is 0.0914. The number of nitrogens with one attached hydrogen (secondary N) is 1. The molecule has 0 fully saturated rings. The maximum absolute atomic E-state index is 12.7. The second-order valence-corrected chi connectivity index (χ2v) is 4.57. The quantitative estimate of drug-likeness (QED) is 0.854. The molecule has 0 radical (unpaired) electrons. The van der Waals surface area contributed by atoms with Crippen LogP contribution in [0.15, 0.2) is 24.3 Å². The largest absolute Gasteiger partial charge is 0.416 e. The van der Waals surface area contributed by atoms with E-state index < -0.39 is 11.7 Å². The molecule has 0 aliphatic heterocycles. The topological polar surface area (TPSA) is 32.3 Å². The molecule has 0 aliphatic carbocycles. The Hall–Kier alpha value is -1.07.